The van der Waals surface area contributed by atoms with Gasteiger partial charge in [0.05, 0.1) is 11.8 Å². The molecule has 204 valence electrons. The molecule has 8 rings (SSSR count). The molecule has 41 heavy (non-hydrogen) atoms. The summed E-state index contributed by atoms with van der Waals surface area (Å²) in [5.74, 6) is -3.47. The van der Waals surface area contributed by atoms with Crippen LogP contribution in [0.4, 0.5) is 5.69 Å². The van der Waals surface area contributed by atoms with Gasteiger partial charge < -0.3 is 5.32 Å². The van der Waals surface area contributed by atoms with Gasteiger partial charge in [0, 0.05) is 17.1 Å². The van der Waals surface area contributed by atoms with Crippen LogP contribution < -0.4 is 5.32 Å². The number of nitrogens with one attached hydrogen (secondary N) is 1. The van der Waals surface area contributed by atoms with E-state index in [2.05, 4.69) is 5.32 Å². The van der Waals surface area contributed by atoms with Gasteiger partial charge in [0.2, 0.25) is 17.7 Å². The highest BCUT2D eigenvalue weighted by Gasteiger charge is 2.73. The average molecular weight is 602 g/mol. The van der Waals surface area contributed by atoms with E-state index in [0.717, 1.165) is 10.5 Å². The Balaban J connectivity index is 1.36. The van der Waals surface area contributed by atoms with E-state index in [1.54, 1.807) is 24.3 Å². The van der Waals surface area contributed by atoms with Crippen LogP contribution in [0.2, 0.25) is 5.02 Å². The van der Waals surface area contributed by atoms with Gasteiger partial charge in [0.1, 0.15) is 15.8 Å². The quantitative estimate of drug-likeness (QED) is 0.210. The van der Waals surface area contributed by atoms with Gasteiger partial charge in [-0.25, -0.2) is 0 Å². The fourth-order valence-corrected chi connectivity index (χ4v) is 8.12. The third kappa shape index (κ3) is 3.66. The van der Waals surface area contributed by atoms with Gasteiger partial charge in [-0.05, 0) is 52.1 Å². The highest BCUT2D eigenvalue weighted by molar-refractivity contribution is 6.36. The van der Waals surface area contributed by atoms with Crippen LogP contribution in [0.1, 0.15) is 27.8 Å². The fourth-order valence-electron chi connectivity index (χ4n) is 6.89. The number of likely N-dealkylation sites (tertiary alicyclic amines) is 1. The molecular formula is C33H23Cl3N2O3. The van der Waals surface area contributed by atoms with Crippen molar-refractivity contribution >= 4 is 58.2 Å². The first-order chi connectivity index (χ1) is 19.8. The molecule has 0 spiro atoms. The Kier molecular flexibility index (Phi) is 6.06. The smallest absolute Gasteiger partial charge is 0.248 e. The molecule has 5 nitrogen and oxygen atoms in total. The summed E-state index contributed by atoms with van der Waals surface area (Å²) in [5, 5.41) is 3.39. The molecule has 0 radical (unpaired) electrons. The lowest BCUT2D eigenvalue weighted by Gasteiger charge is -2.54. The zero-order chi connectivity index (χ0) is 28.5. The average Bonchev–Trinajstić information content (AvgIpc) is 3.27. The number of alkyl halides is 2. The van der Waals surface area contributed by atoms with Gasteiger partial charge >= 0.3 is 0 Å². The number of anilines is 1. The molecule has 8 heteroatoms. The van der Waals surface area contributed by atoms with Crippen molar-refractivity contribution < 1.29 is 14.4 Å². The summed E-state index contributed by atoms with van der Waals surface area (Å²) in [4.78, 5) is 41.4. The first-order valence-electron chi connectivity index (χ1n) is 13.3. The Morgan fingerprint density at radius 1 is 0.707 bits per heavy atom. The number of carbonyl (C=O) groups excluding carboxylic acids is 3. The minimum absolute atomic E-state index is 0.127. The van der Waals surface area contributed by atoms with Crippen molar-refractivity contribution in [3.8, 4) is 0 Å². The zero-order valence-electron chi connectivity index (χ0n) is 21.6. The van der Waals surface area contributed by atoms with E-state index in [4.69, 9.17) is 34.8 Å². The van der Waals surface area contributed by atoms with Crippen LogP contribution in [0.25, 0.3) is 0 Å². The van der Waals surface area contributed by atoms with Crippen molar-refractivity contribution in [2.24, 2.45) is 11.8 Å². The molecule has 0 saturated carbocycles. The molecule has 1 heterocycles. The lowest BCUT2D eigenvalue weighted by molar-refractivity contribution is -0.146. The number of rotatable bonds is 5. The zero-order valence-corrected chi connectivity index (χ0v) is 23.8. The van der Waals surface area contributed by atoms with Gasteiger partial charge in [-0.2, -0.15) is 0 Å². The number of benzene rings is 4. The number of imide groups is 1. The van der Waals surface area contributed by atoms with Crippen molar-refractivity contribution in [2.45, 2.75) is 22.2 Å². The summed E-state index contributed by atoms with van der Waals surface area (Å²) < 4.78 is 0. The summed E-state index contributed by atoms with van der Waals surface area (Å²) in [6, 6.07) is 29.8. The van der Waals surface area contributed by atoms with Crippen LogP contribution in [0.5, 0.6) is 0 Å². The number of amides is 3. The highest BCUT2D eigenvalue weighted by atomic mass is 35.5. The second-order valence-corrected chi connectivity index (χ2v) is 12.3. The van der Waals surface area contributed by atoms with Crippen LogP contribution in [-0.2, 0) is 30.6 Å². The van der Waals surface area contributed by atoms with Crippen molar-refractivity contribution in [3.63, 3.8) is 0 Å². The molecule has 3 amide bonds. The van der Waals surface area contributed by atoms with Crippen molar-refractivity contribution in [3.05, 3.63) is 136 Å². The Bertz CT molecular complexity index is 1600. The Morgan fingerprint density at radius 3 is 1.61 bits per heavy atom. The van der Waals surface area contributed by atoms with Crippen LogP contribution in [-0.4, -0.2) is 28.7 Å². The van der Waals surface area contributed by atoms with Crippen molar-refractivity contribution in [2.75, 3.05) is 5.32 Å². The van der Waals surface area contributed by atoms with Gasteiger partial charge in [-0.1, -0.05) is 90.5 Å². The first kappa shape index (κ1) is 26.3. The summed E-state index contributed by atoms with van der Waals surface area (Å²) in [6.07, 6.45) is 0.127. The molecule has 1 aliphatic heterocycles. The molecule has 1 saturated heterocycles. The van der Waals surface area contributed by atoms with Gasteiger partial charge in [0.15, 0.2) is 0 Å². The standard InChI is InChI=1S/C33H23Cl3N2O3/c34-20-14-16-21(17-15-20)37-29(39)26(18-19-8-2-1-3-9-19)38-30(40)27-28(31(38)41)33(36)23-11-5-4-10-22(23)32(27,35)24-12-6-7-13-25(24)33/h1-17,26-28H,18H2,(H,37,39)/t26-,27+,28+,32?,33?/m0/s1. The molecule has 0 aromatic heterocycles. The molecule has 3 aliphatic carbocycles. The number of hydrogen-bond donors (Lipinski definition) is 1. The normalized spacial score (nSPS) is 26.3. The van der Waals surface area contributed by atoms with Gasteiger partial charge in [-0.3, -0.25) is 19.3 Å². The van der Waals surface area contributed by atoms with Gasteiger partial charge in [-0.15, -0.1) is 23.2 Å². The van der Waals surface area contributed by atoms with E-state index in [1.807, 2.05) is 78.9 Å². The van der Waals surface area contributed by atoms with Crippen LogP contribution in [0.3, 0.4) is 0 Å². The Hall–Kier alpha value is -3.64. The Labute approximate surface area is 252 Å². The van der Waals surface area contributed by atoms with Crippen LogP contribution in [0.15, 0.2) is 103 Å². The molecule has 4 aromatic carbocycles. The van der Waals surface area contributed by atoms with Gasteiger partial charge in [0.25, 0.3) is 0 Å². The van der Waals surface area contributed by atoms with Crippen LogP contribution in [0, 0.1) is 11.8 Å². The van der Waals surface area contributed by atoms with E-state index in [1.165, 1.54) is 0 Å². The molecule has 3 atom stereocenters. The third-order valence-electron chi connectivity index (χ3n) is 8.62. The minimum Gasteiger partial charge on any atom is -0.324 e. The highest BCUT2D eigenvalue weighted by Crippen LogP contribution is 2.69. The number of hydrogen-bond acceptors (Lipinski definition) is 3. The minimum atomic E-state index is -1.32. The molecule has 4 aliphatic rings. The van der Waals surface area contributed by atoms with E-state index in [9.17, 15) is 14.4 Å². The lowest BCUT2D eigenvalue weighted by atomic mass is 9.54. The molecule has 1 fully saturated rings. The van der Waals surface area contributed by atoms with Crippen LogP contribution >= 0.6 is 34.8 Å². The monoisotopic (exact) mass is 600 g/mol. The van der Waals surface area contributed by atoms with E-state index in [0.29, 0.717) is 33.0 Å². The SMILES string of the molecule is O=C(Nc1ccc(Cl)cc1)[C@H](Cc1ccccc1)N1C(=O)[C@H]2[C@H](C1=O)C1(Cl)c3ccccc3C2(Cl)c2ccccc21. The largest absolute Gasteiger partial charge is 0.324 e. The number of carbonyl (C=O) groups is 3. The van der Waals surface area contributed by atoms with Crippen molar-refractivity contribution in [1.29, 1.82) is 0 Å². The molecule has 2 bridgehead atoms. The maximum absolute atomic E-state index is 14.5. The predicted octanol–water partition coefficient (Wildman–Crippen LogP) is 6.48. The number of nitrogens with zero attached hydrogens (tertiary/aromatic N) is 1. The molecule has 1 N–H and O–H groups in total. The second kappa shape index (κ2) is 9.45. The van der Waals surface area contributed by atoms with Crippen molar-refractivity contribution in [1.82, 2.24) is 4.90 Å². The Morgan fingerprint density at radius 2 is 1.15 bits per heavy atom. The van der Waals surface area contributed by atoms with E-state index >= 15 is 0 Å². The molecule has 4 aromatic rings. The number of halogens is 3. The third-order valence-corrected chi connectivity index (χ3v) is 10.2. The summed E-state index contributed by atoms with van der Waals surface area (Å²) in [6.45, 7) is 0. The van der Waals surface area contributed by atoms with E-state index in [-0.39, 0.29) is 6.42 Å². The van der Waals surface area contributed by atoms with E-state index < -0.39 is 45.3 Å². The topological polar surface area (TPSA) is 66.5 Å². The first-order valence-corrected chi connectivity index (χ1v) is 14.4. The molecule has 0 unspecified atom stereocenters. The summed E-state index contributed by atoms with van der Waals surface area (Å²) in [5.41, 5.74) is 4.15. The summed E-state index contributed by atoms with van der Waals surface area (Å²) >= 11 is 21.2. The molecular weight excluding hydrogens is 579 g/mol. The predicted molar refractivity (Wildman–Crippen MR) is 159 cm³/mol. The second-order valence-electron chi connectivity index (χ2n) is 10.7. The fraction of sp³-hybridized carbons (Fsp3) is 0.182. The maximum Gasteiger partial charge on any atom is 0.248 e. The maximum atomic E-state index is 14.5. The summed E-state index contributed by atoms with van der Waals surface area (Å²) in [7, 11) is 0. The lowest BCUT2D eigenvalue weighted by Crippen LogP contribution is -2.57.